The Labute approximate surface area is 162 Å². The van der Waals surface area contributed by atoms with E-state index in [2.05, 4.69) is 28.2 Å². The fraction of sp³-hybridized carbons (Fsp3) is 0.818. The first-order valence-electron chi connectivity index (χ1n) is 10.9. The quantitative estimate of drug-likeness (QED) is 0.825. The SMILES string of the molecule is CC1(CN2CCOC(C(=O)NC3C4CC5CC(C4)CC3C5)C2)C=CC=NC1. The second-order valence-electron chi connectivity index (χ2n) is 10.1. The summed E-state index contributed by atoms with van der Waals surface area (Å²) >= 11 is 0. The van der Waals surface area contributed by atoms with Crippen LogP contribution in [0.25, 0.3) is 0 Å². The first-order valence-corrected chi connectivity index (χ1v) is 10.9. The van der Waals surface area contributed by atoms with Gasteiger partial charge in [-0.05, 0) is 61.9 Å². The molecule has 2 atom stereocenters. The van der Waals surface area contributed by atoms with Crippen molar-refractivity contribution in [3.8, 4) is 0 Å². The molecule has 2 heterocycles. The van der Waals surface area contributed by atoms with Crippen LogP contribution < -0.4 is 5.32 Å². The van der Waals surface area contributed by atoms with Gasteiger partial charge in [0.1, 0.15) is 6.10 Å². The number of hydrogen-bond donors (Lipinski definition) is 1. The number of rotatable bonds is 4. The Morgan fingerprint density at radius 2 is 1.96 bits per heavy atom. The summed E-state index contributed by atoms with van der Waals surface area (Å²) in [5.74, 6) is 3.44. The van der Waals surface area contributed by atoms with Crippen molar-refractivity contribution in [2.24, 2.45) is 34.1 Å². The highest BCUT2D eigenvalue weighted by Gasteiger charge is 2.49. The third-order valence-electron chi connectivity index (χ3n) is 7.71. The molecule has 5 heteroatoms. The number of hydrogen-bond acceptors (Lipinski definition) is 4. The minimum Gasteiger partial charge on any atom is -0.366 e. The molecular formula is C22H33N3O2. The number of morpholine rings is 1. The number of carbonyl (C=O) groups is 1. The molecule has 2 aliphatic heterocycles. The zero-order valence-corrected chi connectivity index (χ0v) is 16.5. The average molecular weight is 372 g/mol. The van der Waals surface area contributed by atoms with Crippen LogP contribution in [0.4, 0.5) is 0 Å². The van der Waals surface area contributed by atoms with E-state index in [4.69, 9.17) is 4.74 Å². The number of aliphatic imine (C=N–C) groups is 1. The molecule has 5 nitrogen and oxygen atoms in total. The lowest BCUT2D eigenvalue weighted by Crippen LogP contribution is -2.59. The molecule has 4 bridgehead atoms. The normalized spacial score (nSPS) is 46.0. The Morgan fingerprint density at radius 3 is 2.63 bits per heavy atom. The standard InChI is InChI=1S/C22H33N3O2/c1-22(3-2-4-23-13-22)14-25-5-6-27-19(12-25)21(26)24-20-17-8-15-7-16(10-17)11-18(20)9-15/h2-4,15-20H,5-14H2,1H3,(H,24,26). The van der Waals surface area contributed by atoms with Gasteiger partial charge in [-0.1, -0.05) is 13.0 Å². The first-order chi connectivity index (χ1) is 13.1. The Kier molecular flexibility index (Phi) is 4.63. The number of nitrogens with zero attached hydrogens (tertiary/aromatic N) is 2. The zero-order valence-electron chi connectivity index (χ0n) is 16.5. The number of amides is 1. The highest BCUT2D eigenvalue weighted by Crippen LogP contribution is 2.53. The first kappa shape index (κ1) is 17.9. The number of ether oxygens (including phenoxy) is 1. The highest BCUT2D eigenvalue weighted by atomic mass is 16.5. The topological polar surface area (TPSA) is 53.9 Å². The summed E-state index contributed by atoms with van der Waals surface area (Å²) in [7, 11) is 0. The van der Waals surface area contributed by atoms with Crippen molar-refractivity contribution in [1.82, 2.24) is 10.2 Å². The van der Waals surface area contributed by atoms with Gasteiger partial charge in [0.2, 0.25) is 0 Å². The van der Waals surface area contributed by atoms with Crippen molar-refractivity contribution < 1.29 is 9.53 Å². The summed E-state index contributed by atoms with van der Waals surface area (Å²) in [4.78, 5) is 19.8. The largest absolute Gasteiger partial charge is 0.366 e. The van der Waals surface area contributed by atoms with Crippen LogP contribution in [0.5, 0.6) is 0 Å². The molecule has 6 aliphatic rings. The van der Waals surface area contributed by atoms with Crippen molar-refractivity contribution in [2.45, 2.75) is 51.2 Å². The van der Waals surface area contributed by atoms with Gasteiger partial charge < -0.3 is 10.1 Å². The lowest BCUT2D eigenvalue weighted by atomic mass is 9.54. The van der Waals surface area contributed by atoms with E-state index >= 15 is 0 Å². The third kappa shape index (κ3) is 3.61. The number of dihydropyridines is 1. The fourth-order valence-corrected chi connectivity index (χ4v) is 6.69. The van der Waals surface area contributed by atoms with E-state index in [-0.39, 0.29) is 17.4 Å². The van der Waals surface area contributed by atoms with Gasteiger partial charge in [-0.3, -0.25) is 14.7 Å². The fourth-order valence-electron chi connectivity index (χ4n) is 6.69. The van der Waals surface area contributed by atoms with E-state index in [0.29, 0.717) is 31.0 Å². The predicted molar refractivity (Wildman–Crippen MR) is 106 cm³/mol. The minimum atomic E-state index is -0.324. The molecular weight excluding hydrogens is 338 g/mol. The van der Waals surface area contributed by atoms with E-state index in [0.717, 1.165) is 31.5 Å². The molecule has 0 aromatic carbocycles. The van der Waals surface area contributed by atoms with Crippen molar-refractivity contribution in [2.75, 3.05) is 32.8 Å². The van der Waals surface area contributed by atoms with Crippen LogP contribution in [-0.2, 0) is 9.53 Å². The number of allylic oxidation sites excluding steroid dienone is 1. The lowest BCUT2D eigenvalue weighted by Gasteiger charge is -2.54. The maximum Gasteiger partial charge on any atom is 0.250 e. The van der Waals surface area contributed by atoms with Crippen LogP contribution in [0.1, 0.15) is 39.0 Å². The molecule has 4 saturated carbocycles. The Balaban J connectivity index is 1.18. The van der Waals surface area contributed by atoms with E-state index in [1.54, 1.807) is 0 Å². The monoisotopic (exact) mass is 371 g/mol. The number of nitrogens with one attached hydrogen (secondary N) is 1. The maximum absolute atomic E-state index is 13.0. The summed E-state index contributed by atoms with van der Waals surface area (Å²) in [6.45, 7) is 6.25. The molecule has 0 aromatic rings. The molecule has 0 radical (unpaired) electrons. The predicted octanol–water partition coefficient (Wildman–Crippen LogP) is 2.27. The minimum absolute atomic E-state index is 0.0640. The molecule has 27 heavy (non-hydrogen) atoms. The number of carbonyl (C=O) groups excluding carboxylic acids is 1. The summed E-state index contributed by atoms with van der Waals surface area (Å²) in [5.41, 5.74) is 0.0640. The van der Waals surface area contributed by atoms with Crippen LogP contribution in [0.2, 0.25) is 0 Å². The van der Waals surface area contributed by atoms with E-state index < -0.39 is 0 Å². The van der Waals surface area contributed by atoms with Crippen molar-refractivity contribution in [3.05, 3.63) is 12.2 Å². The zero-order chi connectivity index (χ0) is 18.4. The maximum atomic E-state index is 13.0. The average Bonchev–Trinajstić information content (AvgIpc) is 2.64. The van der Waals surface area contributed by atoms with Gasteiger partial charge in [0, 0.05) is 43.9 Å². The Bertz CT molecular complexity index is 617. The van der Waals surface area contributed by atoms with Crippen molar-refractivity contribution >= 4 is 12.1 Å². The molecule has 2 unspecified atom stereocenters. The molecule has 148 valence electrons. The molecule has 4 aliphatic carbocycles. The second kappa shape index (κ2) is 7.00. The summed E-state index contributed by atoms with van der Waals surface area (Å²) in [5, 5.41) is 3.44. The van der Waals surface area contributed by atoms with Gasteiger partial charge in [0.15, 0.2) is 0 Å². The van der Waals surface area contributed by atoms with Crippen LogP contribution in [0, 0.1) is 29.1 Å². The van der Waals surface area contributed by atoms with Crippen molar-refractivity contribution in [3.63, 3.8) is 0 Å². The van der Waals surface area contributed by atoms with Gasteiger partial charge in [-0.25, -0.2) is 0 Å². The molecule has 0 spiro atoms. The highest BCUT2D eigenvalue weighted by molar-refractivity contribution is 5.81. The Morgan fingerprint density at radius 1 is 1.22 bits per heavy atom. The van der Waals surface area contributed by atoms with Gasteiger partial charge in [0.25, 0.3) is 5.91 Å². The van der Waals surface area contributed by atoms with Crippen LogP contribution in [0.15, 0.2) is 17.1 Å². The molecule has 1 amide bonds. The van der Waals surface area contributed by atoms with E-state index in [1.807, 2.05) is 12.3 Å². The summed E-state index contributed by atoms with van der Waals surface area (Å²) in [6, 6.07) is 0.400. The lowest BCUT2D eigenvalue weighted by molar-refractivity contribution is -0.142. The van der Waals surface area contributed by atoms with Gasteiger partial charge in [-0.15, -0.1) is 0 Å². The molecule has 6 rings (SSSR count). The second-order valence-corrected chi connectivity index (χ2v) is 10.1. The van der Waals surface area contributed by atoms with E-state index in [9.17, 15) is 4.79 Å². The van der Waals surface area contributed by atoms with Gasteiger partial charge in [-0.2, -0.15) is 0 Å². The molecule has 1 N–H and O–H groups in total. The van der Waals surface area contributed by atoms with Crippen LogP contribution >= 0.6 is 0 Å². The van der Waals surface area contributed by atoms with E-state index in [1.165, 1.54) is 32.1 Å². The third-order valence-corrected chi connectivity index (χ3v) is 7.71. The Hall–Kier alpha value is -1.20. The van der Waals surface area contributed by atoms with Gasteiger partial charge in [0.05, 0.1) is 6.61 Å². The summed E-state index contributed by atoms with van der Waals surface area (Å²) in [6.07, 6.45) is 12.6. The van der Waals surface area contributed by atoms with Crippen LogP contribution in [-0.4, -0.2) is 62.0 Å². The molecule has 5 fully saturated rings. The summed E-state index contributed by atoms with van der Waals surface area (Å²) < 4.78 is 5.88. The molecule has 1 saturated heterocycles. The van der Waals surface area contributed by atoms with Gasteiger partial charge >= 0.3 is 0 Å². The van der Waals surface area contributed by atoms with Crippen molar-refractivity contribution in [1.29, 1.82) is 0 Å². The molecule has 0 aromatic heterocycles. The smallest absolute Gasteiger partial charge is 0.250 e. The van der Waals surface area contributed by atoms with Crippen LogP contribution in [0.3, 0.4) is 0 Å².